The van der Waals surface area contributed by atoms with E-state index in [1.54, 1.807) is 6.07 Å². The number of alkyl halides is 2. The summed E-state index contributed by atoms with van der Waals surface area (Å²) in [5.74, 6) is -5.42. The average molecular weight is 473 g/mol. The highest BCUT2D eigenvalue weighted by molar-refractivity contribution is 5.94. The second kappa shape index (κ2) is 8.35. The number of hydrogen-bond acceptors (Lipinski definition) is 7. The number of nitriles is 1. The molecular formula is C20H14F3N7O4. The molecule has 0 radical (unpaired) electrons. The number of anilines is 1. The topological polar surface area (TPSA) is 168 Å². The third-order valence-corrected chi connectivity index (χ3v) is 5.19. The summed E-state index contributed by atoms with van der Waals surface area (Å²) >= 11 is 0. The van der Waals surface area contributed by atoms with Crippen molar-refractivity contribution in [2.24, 2.45) is 0 Å². The quantitative estimate of drug-likeness (QED) is 0.416. The van der Waals surface area contributed by atoms with Crippen LogP contribution in [0.25, 0.3) is 11.3 Å². The Hall–Kier alpha value is -4.67. The van der Waals surface area contributed by atoms with Crippen molar-refractivity contribution in [3.63, 3.8) is 0 Å². The maximum absolute atomic E-state index is 14.7. The predicted octanol–water partition coefficient (Wildman–Crippen LogP) is 0.0782. The van der Waals surface area contributed by atoms with Crippen LogP contribution in [-0.4, -0.2) is 51.1 Å². The molecule has 0 spiro atoms. The number of hydrogen-bond donors (Lipinski definition) is 4. The van der Waals surface area contributed by atoms with Gasteiger partial charge in [-0.1, -0.05) is 0 Å². The van der Waals surface area contributed by atoms with Crippen LogP contribution in [0.5, 0.6) is 0 Å². The molecule has 3 aromatic rings. The van der Waals surface area contributed by atoms with Crippen molar-refractivity contribution >= 4 is 11.6 Å². The molecule has 1 aliphatic rings. The molecule has 4 N–H and O–H groups in total. The van der Waals surface area contributed by atoms with Gasteiger partial charge < -0.3 is 15.2 Å². The minimum absolute atomic E-state index is 0.0871. The van der Waals surface area contributed by atoms with Gasteiger partial charge in [-0.3, -0.25) is 19.4 Å². The van der Waals surface area contributed by atoms with Crippen LogP contribution in [0.15, 0.2) is 44.8 Å². The molecule has 34 heavy (non-hydrogen) atoms. The Bertz CT molecular complexity index is 1510. The summed E-state index contributed by atoms with van der Waals surface area (Å²) in [7, 11) is 0. The third kappa shape index (κ3) is 4.18. The smallest absolute Gasteiger partial charge is 0.325 e. The van der Waals surface area contributed by atoms with E-state index in [4.69, 9.17) is 5.26 Å². The maximum atomic E-state index is 14.7. The van der Waals surface area contributed by atoms with Crippen LogP contribution in [0.3, 0.4) is 0 Å². The van der Waals surface area contributed by atoms with E-state index in [0.29, 0.717) is 0 Å². The van der Waals surface area contributed by atoms with Gasteiger partial charge in [-0.05, 0) is 24.3 Å². The zero-order valence-electron chi connectivity index (χ0n) is 17.0. The van der Waals surface area contributed by atoms with Crippen molar-refractivity contribution in [2.75, 3.05) is 18.0 Å². The van der Waals surface area contributed by atoms with Gasteiger partial charge in [0.25, 0.3) is 22.9 Å². The van der Waals surface area contributed by atoms with Gasteiger partial charge in [-0.2, -0.15) is 10.4 Å². The summed E-state index contributed by atoms with van der Waals surface area (Å²) in [4.78, 5) is 53.1. The highest BCUT2D eigenvalue weighted by Gasteiger charge is 2.49. The Kier molecular flexibility index (Phi) is 5.53. The van der Waals surface area contributed by atoms with E-state index < -0.39 is 53.6 Å². The maximum Gasteiger partial charge on any atom is 0.325 e. The molecular weight excluding hydrogens is 459 g/mol. The van der Waals surface area contributed by atoms with Gasteiger partial charge in [0, 0.05) is 18.3 Å². The summed E-state index contributed by atoms with van der Waals surface area (Å²) in [6, 6.07) is 3.92. The zero-order valence-corrected chi connectivity index (χ0v) is 17.0. The van der Waals surface area contributed by atoms with Gasteiger partial charge in [0.15, 0.2) is 0 Å². The largest absolute Gasteiger partial charge is 0.359 e. The Labute approximate surface area is 186 Å². The van der Waals surface area contributed by atoms with Crippen molar-refractivity contribution in [1.29, 1.82) is 5.26 Å². The van der Waals surface area contributed by atoms with Gasteiger partial charge in [-0.25, -0.2) is 23.1 Å². The number of rotatable bonds is 4. The highest BCUT2D eigenvalue weighted by Crippen LogP contribution is 2.31. The predicted molar refractivity (Wildman–Crippen MR) is 111 cm³/mol. The van der Waals surface area contributed by atoms with E-state index in [1.165, 1.54) is 0 Å². The fraction of sp³-hybridized carbons (Fsp3) is 0.200. The van der Waals surface area contributed by atoms with Crippen LogP contribution in [0.1, 0.15) is 15.9 Å². The van der Waals surface area contributed by atoms with E-state index in [9.17, 15) is 32.3 Å². The highest BCUT2D eigenvalue weighted by atomic mass is 19.3. The van der Waals surface area contributed by atoms with E-state index in [2.05, 4.69) is 20.5 Å². The molecule has 1 unspecified atom stereocenters. The van der Waals surface area contributed by atoms with E-state index in [-0.39, 0.29) is 28.1 Å². The van der Waals surface area contributed by atoms with E-state index >= 15 is 0 Å². The molecule has 1 atom stereocenters. The van der Waals surface area contributed by atoms with Crippen molar-refractivity contribution in [3.05, 3.63) is 78.6 Å². The van der Waals surface area contributed by atoms with Crippen LogP contribution >= 0.6 is 0 Å². The lowest BCUT2D eigenvalue weighted by atomic mass is 10.1. The molecule has 4 rings (SSSR count). The number of nitrogens with one attached hydrogen (secondary N) is 4. The van der Waals surface area contributed by atoms with Gasteiger partial charge in [0.05, 0.1) is 23.4 Å². The lowest BCUT2D eigenvalue weighted by Crippen LogP contribution is -2.46. The standard InChI is InChI=1S/C20H14F3N7O4/c21-12-3-9(1-2-10(12)5-24)16(31)26-15-7-30(8-20(15,22)23)14-4-13(28-29-18(14)33)11-6-25-19(34)27-17(11)32/h1-4,6,15H,7-8H2,(H,26,31)(H,29,33)(H2,25,27,32,34). The molecule has 0 saturated carbocycles. The first kappa shape index (κ1) is 22.5. The molecule has 1 amide bonds. The van der Waals surface area contributed by atoms with Gasteiger partial charge in [-0.15, -0.1) is 0 Å². The molecule has 3 heterocycles. The number of aromatic amines is 3. The molecule has 0 aliphatic carbocycles. The van der Waals surface area contributed by atoms with Gasteiger partial charge in [0.1, 0.15) is 23.6 Å². The average Bonchev–Trinajstić information content (AvgIpc) is 3.08. The number of aromatic nitrogens is 4. The molecule has 174 valence electrons. The SMILES string of the molecule is N#Cc1ccc(C(=O)NC2CN(c3cc(-c4c[nH]c(=O)[nH]c4=O)n[nH]c3=O)CC2(F)F)cc1F. The summed E-state index contributed by atoms with van der Waals surface area (Å²) in [6.07, 6.45) is 1.06. The van der Waals surface area contributed by atoms with E-state index in [0.717, 1.165) is 35.4 Å². The Morgan fingerprint density at radius 1 is 1.24 bits per heavy atom. The first-order valence-electron chi connectivity index (χ1n) is 9.64. The minimum atomic E-state index is -3.47. The number of carbonyl (C=O) groups excluding carboxylic acids is 1. The second-order valence-electron chi connectivity index (χ2n) is 7.43. The minimum Gasteiger partial charge on any atom is -0.359 e. The lowest BCUT2D eigenvalue weighted by Gasteiger charge is -2.18. The monoisotopic (exact) mass is 473 g/mol. The second-order valence-corrected chi connectivity index (χ2v) is 7.43. The van der Waals surface area contributed by atoms with Gasteiger partial charge >= 0.3 is 5.69 Å². The Balaban J connectivity index is 1.59. The molecule has 1 fully saturated rings. The number of amides is 1. The Morgan fingerprint density at radius 3 is 2.68 bits per heavy atom. The first-order chi connectivity index (χ1) is 16.1. The number of carbonyl (C=O) groups is 1. The van der Waals surface area contributed by atoms with E-state index in [1.807, 2.05) is 4.98 Å². The molecule has 2 aromatic heterocycles. The van der Waals surface area contributed by atoms with Crippen molar-refractivity contribution in [1.82, 2.24) is 25.5 Å². The molecule has 1 saturated heterocycles. The molecule has 14 heteroatoms. The fourth-order valence-corrected chi connectivity index (χ4v) is 3.48. The van der Waals surface area contributed by atoms with Crippen LogP contribution in [0.2, 0.25) is 0 Å². The summed E-state index contributed by atoms with van der Waals surface area (Å²) in [6.45, 7) is -1.42. The van der Waals surface area contributed by atoms with Gasteiger partial charge in [0.2, 0.25) is 0 Å². The summed E-state index contributed by atoms with van der Waals surface area (Å²) < 4.78 is 43.2. The van der Waals surface area contributed by atoms with Crippen LogP contribution < -0.4 is 27.0 Å². The van der Waals surface area contributed by atoms with Crippen LogP contribution in [0, 0.1) is 17.1 Å². The molecule has 1 aromatic carbocycles. The van der Waals surface area contributed by atoms with Crippen LogP contribution in [-0.2, 0) is 0 Å². The lowest BCUT2D eigenvalue weighted by molar-refractivity contribution is -0.00126. The Morgan fingerprint density at radius 2 is 2.00 bits per heavy atom. The fourth-order valence-electron chi connectivity index (χ4n) is 3.48. The summed E-state index contributed by atoms with van der Waals surface area (Å²) in [5, 5.41) is 16.7. The van der Waals surface area contributed by atoms with Crippen molar-refractivity contribution in [3.8, 4) is 17.3 Å². The third-order valence-electron chi connectivity index (χ3n) is 5.19. The van der Waals surface area contributed by atoms with Crippen molar-refractivity contribution < 1.29 is 18.0 Å². The zero-order chi connectivity index (χ0) is 24.6. The molecule has 1 aliphatic heterocycles. The van der Waals surface area contributed by atoms with Crippen molar-refractivity contribution in [2.45, 2.75) is 12.0 Å². The number of H-pyrrole nitrogens is 3. The number of nitrogens with zero attached hydrogens (tertiary/aromatic N) is 3. The first-order valence-corrected chi connectivity index (χ1v) is 9.64. The number of halogens is 3. The van der Waals surface area contributed by atoms with Crippen LogP contribution in [0.4, 0.5) is 18.9 Å². The molecule has 0 bridgehead atoms. The normalized spacial score (nSPS) is 16.8. The molecule has 11 nitrogen and oxygen atoms in total. The number of benzene rings is 1. The summed E-state index contributed by atoms with van der Waals surface area (Å²) in [5.41, 5.74) is -3.39.